The third-order valence-electron chi connectivity index (χ3n) is 3.20. The predicted molar refractivity (Wildman–Crippen MR) is 68.4 cm³/mol. The molecule has 2 nitrogen and oxygen atoms in total. The van der Waals surface area contributed by atoms with Crippen molar-refractivity contribution in [2.24, 2.45) is 0 Å². The smallest absolute Gasteiger partial charge is 0.145 e. The van der Waals surface area contributed by atoms with Gasteiger partial charge in [0, 0.05) is 0 Å². The lowest BCUT2D eigenvalue weighted by Crippen LogP contribution is -2.23. The fraction of sp³-hybridized carbons (Fsp3) is 0.400. The van der Waals surface area contributed by atoms with E-state index in [1.165, 1.54) is 11.1 Å². The molecule has 90 valence electrons. The molecule has 17 heavy (non-hydrogen) atoms. The topological polar surface area (TPSA) is 26.3 Å². The van der Waals surface area contributed by atoms with Gasteiger partial charge in [-0.25, -0.2) is 0 Å². The molecule has 0 saturated carbocycles. The van der Waals surface area contributed by atoms with Crippen molar-refractivity contribution in [2.75, 3.05) is 0 Å². The van der Waals surface area contributed by atoms with E-state index < -0.39 is 0 Å². The number of allylic oxidation sites excluding steroid dienone is 1. The molecular weight excluding hydrogens is 212 g/mol. The summed E-state index contributed by atoms with van der Waals surface area (Å²) in [6.07, 6.45) is 3.74. The maximum Gasteiger partial charge on any atom is 0.145 e. The second-order valence-electron chi connectivity index (χ2n) is 4.86. The van der Waals surface area contributed by atoms with Gasteiger partial charge in [0.1, 0.15) is 18.1 Å². The lowest BCUT2D eigenvalue weighted by atomic mass is 9.90. The van der Waals surface area contributed by atoms with Crippen molar-refractivity contribution in [2.45, 2.75) is 39.2 Å². The predicted octanol–water partition coefficient (Wildman–Crippen LogP) is 3.39. The van der Waals surface area contributed by atoms with E-state index in [-0.39, 0.29) is 6.10 Å². The lowest BCUT2D eigenvalue weighted by molar-refractivity contribution is -0.104. The fourth-order valence-corrected chi connectivity index (χ4v) is 2.27. The molecule has 2 atom stereocenters. The molecule has 0 radical (unpaired) electrons. The van der Waals surface area contributed by atoms with Crippen LogP contribution in [0.25, 0.3) is 0 Å². The molecule has 1 aliphatic rings. The highest BCUT2D eigenvalue weighted by Gasteiger charge is 2.24. The summed E-state index contributed by atoms with van der Waals surface area (Å²) in [4.78, 5) is 10.6. The van der Waals surface area contributed by atoms with Crippen molar-refractivity contribution in [1.82, 2.24) is 0 Å². The molecule has 0 amide bonds. The minimum Gasteiger partial charge on any atom is -0.486 e. The van der Waals surface area contributed by atoms with Gasteiger partial charge in [-0.05, 0) is 55.0 Å². The molecule has 1 heterocycles. The number of rotatable bonds is 2. The quantitative estimate of drug-likeness (QED) is 0.575. The van der Waals surface area contributed by atoms with Gasteiger partial charge in [0.25, 0.3) is 0 Å². The number of carbonyl (C=O) groups excluding carboxylic acids is 1. The summed E-state index contributed by atoms with van der Waals surface area (Å²) in [5.74, 6) is 1.43. The van der Waals surface area contributed by atoms with Gasteiger partial charge in [-0.2, -0.15) is 0 Å². The molecule has 1 aromatic carbocycles. The summed E-state index contributed by atoms with van der Waals surface area (Å²) in [6.45, 7) is 6.07. The van der Waals surface area contributed by atoms with Crippen LogP contribution in [0.4, 0.5) is 0 Å². The SMILES string of the molecule is CC(C=O)=C[C@H]1C[C@H](C)c2ccc(C)cc2O1. The highest BCUT2D eigenvalue weighted by molar-refractivity contribution is 5.72. The van der Waals surface area contributed by atoms with E-state index >= 15 is 0 Å². The minimum atomic E-state index is 0.0181. The first kappa shape index (κ1) is 11.9. The largest absolute Gasteiger partial charge is 0.486 e. The maximum atomic E-state index is 10.6. The maximum absolute atomic E-state index is 10.6. The van der Waals surface area contributed by atoms with Crippen LogP contribution in [0.3, 0.4) is 0 Å². The zero-order chi connectivity index (χ0) is 12.4. The van der Waals surface area contributed by atoms with E-state index in [1.54, 1.807) is 0 Å². The van der Waals surface area contributed by atoms with E-state index in [9.17, 15) is 4.79 Å². The number of carbonyl (C=O) groups is 1. The number of fused-ring (bicyclic) bond motifs is 1. The molecule has 2 heteroatoms. The van der Waals surface area contributed by atoms with Crippen LogP contribution in [-0.2, 0) is 4.79 Å². The van der Waals surface area contributed by atoms with Gasteiger partial charge >= 0.3 is 0 Å². The fourth-order valence-electron chi connectivity index (χ4n) is 2.27. The summed E-state index contributed by atoms with van der Waals surface area (Å²) in [6, 6.07) is 6.33. The van der Waals surface area contributed by atoms with Gasteiger partial charge in [-0.3, -0.25) is 4.79 Å². The average Bonchev–Trinajstić information content (AvgIpc) is 2.28. The van der Waals surface area contributed by atoms with Crippen LogP contribution in [0.5, 0.6) is 5.75 Å². The Kier molecular flexibility index (Phi) is 3.32. The van der Waals surface area contributed by atoms with Gasteiger partial charge in [0.05, 0.1) is 0 Å². The highest BCUT2D eigenvalue weighted by atomic mass is 16.5. The van der Waals surface area contributed by atoms with Gasteiger partial charge in [0.2, 0.25) is 0 Å². The number of benzene rings is 1. The number of aryl methyl sites for hydroxylation is 1. The van der Waals surface area contributed by atoms with E-state index in [1.807, 2.05) is 13.0 Å². The van der Waals surface area contributed by atoms with Crippen LogP contribution in [0.15, 0.2) is 29.8 Å². The molecule has 0 fully saturated rings. The van der Waals surface area contributed by atoms with Crippen molar-refractivity contribution in [3.8, 4) is 5.75 Å². The molecule has 0 unspecified atom stereocenters. The average molecular weight is 230 g/mol. The van der Waals surface area contributed by atoms with Crippen LogP contribution in [0, 0.1) is 6.92 Å². The molecular formula is C15H18O2. The van der Waals surface area contributed by atoms with E-state index in [0.29, 0.717) is 5.92 Å². The standard InChI is InChI=1S/C15H18O2/c1-10-4-5-14-12(3)8-13(6-11(2)9-16)17-15(14)7-10/h4-7,9,12-13H,8H2,1-3H3/t12-,13-/m0/s1. The second kappa shape index (κ2) is 4.74. The number of hydrogen-bond donors (Lipinski definition) is 0. The third kappa shape index (κ3) is 2.57. The first-order valence-electron chi connectivity index (χ1n) is 6.01. The Morgan fingerprint density at radius 3 is 2.94 bits per heavy atom. The number of ether oxygens (including phenoxy) is 1. The molecule has 0 N–H and O–H groups in total. The molecule has 0 aliphatic carbocycles. The second-order valence-corrected chi connectivity index (χ2v) is 4.86. The van der Waals surface area contributed by atoms with E-state index in [2.05, 4.69) is 32.0 Å². The molecule has 2 rings (SSSR count). The Balaban J connectivity index is 2.28. The summed E-state index contributed by atoms with van der Waals surface area (Å²) in [5, 5.41) is 0. The normalized spacial score (nSPS) is 23.8. The molecule has 0 bridgehead atoms. The molecule has 1 aromatic rings. The molecule has 0 saturated heterocycles. The van der Waals surface area contributed by atoms with Crippen LogP contribution < -0.4 is 4.74 Å². The van der Waals surface area contributed by atoms with E-state index in [0.717, 1.165) is 24.0 Å². The summed E-state index contributed by atoms with van der Waals surface area (Å²) in [5.41, 5.74) is 3.20. The van der Waals surface area contributed by atoms with Crippen molar-refractivity contribution in [3.63, 3.8) is 0 Å². The Morgan fingerprint density at radius 2 is 2.24 bits per heavy atom. The first-order valence-corrected chi connectivity index (χ1v) is 6.01. The van der Waals surface area contributed by atoms with Gasteiger partial charge in [-0.1, -0.05) is 19.1 Å². The molecule has 0 aromatic heterocycles. The lowest BCUT2D eigenvalue weighted by Gasteiger charge is -2.29. The monoisotopic (exact) mass is 230 g/mol. The van der Waals surface area contributed by atoms with Crippen molar-refractivity contribution in [1.29, 1.82) is 0 Å². The van der Waals surface area contributed by atoms with Gasteiger partial charge in [0.15, 0.2) is 0 Å². The van der Waals surface area contributed by atoms with Gasteiger partial charge in [-0.15, -0.1) is 0 Å². The minimum absolute atomic E-state index is 0.0181. The summed E-state index contributed by atoms with van der Waals surface area (Å²) >= 11 is 0. The van der Waals surface area contributed by atoms with Crippen LogP contribution in [0.1, 0.15) is 37.3 Å². The van der Waals surface area contributed by atoms with Crippen LogP contribution in [0.2, 0.25) is 0 Å². The van der Waals surface area contributed by atoms with E-state index in [4.69, 9.17) is 4.74 Å². The van der Waals surface area contributed by atoms with Crippen molar-refractivity contribution in [3.05, 3.63) is 41.0 Å². The highest BCUT2D eigenvalue weighted by Crippen LogP contribution is 2.36. The third-order valence-corrected chi connectivity index (χ3v) is 3.20. The Hall–Kier alpha value is -1.57. The van der Waals surface area contributed by atoms with Crippen LogP contribution >= 0.6 is 0 Å². The summed E-state index contributed by atoms with van der Waals surface area (Å²) < 4.78 is 5.92. The number of hydrogen-bond acceptors (Lipinski definition) is 2. The zero-order valence-corrected chi connectivity index (χ0v) is 10.6. The van der Waals surface area contributed by atoms with Crippen molar-refractivity contribution >= 4 is 6.29 Å². The van der Waals surface area contributed by atoms with Crippen molar-refractivity contribution < 1.29 is 9.53 Å². The first-order chi connectivity index (χ1) is 8.10. The zero-order valence-electron chi connectivity index (χ0n) is 10.6. The Morgan fingerprint density at radius 1 is 1.47 bits per heavy atom. The summed E-state index contributed by atoms with van der Waals surface area (Å²) in [7, 11) is 0. The Labute approximate surface area is 102 Å². The van der Waals surface area contributed by atoms with Gasteiger partial charge < -0.3 is 4.74 Å². The Bertz CT molecular complexity index is 460. The molecule has 0 spiro atoms. The number of aldehydes is 1. The van der Waals surface area contributed by atoms with Crippen LogP contribution in [-0.4, -0.2) is 12.4 Å². The molecule has 1 aliphatic heterocycles.